The zero-order chi connectivity index (χ0) is 15.2. The summed E-state index contributed by atoms with van der Waals surface area (Å²) in [6.07, 6.45) is 5.08. The fourth-order valence-corrected chi connectivity index (χ4v) is 3.22. The first-order valence-electron chi connectivity index (χ1n) is 8.30. The maximum absolute atomic E-state index is 12.4. The van der Waals surface area contributed by atoms with E-state index in [0.717, 1.165) is 57.7 Å². The fourth-order valence-electron chi connectivity index (χ4n) is 3.22. The number of amides is 1. The SMILES string of the molecule is CCOC(=O)C1CCCCN1CC(=O)N1CCC(C)CC1. The van der Waals surface area contributed by atoms with Gasteiger partial charge in [0.2, 0.25) is 5.91 Å². The molecular weight excluding hydrogens is 268 g/mol. The fraction of sp³-hybridized carbons (Fsp3) is 0.875. The third-order valence-corrected chi connectivity index (χ3v) is 4.65. The molecule has 0 bridgehead atoms. The van der Waals surface area contributed by atoms with Gasteiger partial charge in [-0.2, -0.15) is 0 Å². The zero-order valence-corrected chi connectivity index (χ0v) is 13.3. The standard InChI is InChI=1S/C16H28N2O3/c1-3-21-16(20)14-6-4-5-9-18(14)12-15(19)17-10-7-13(2)8-11-17/h13-14H,3-12H2,1-2H3. The Morgan fingerprint density at radius 3 is 2.48 bits per heavy atom. The zero-order valence-electron chi connectivity index (χ0n) is 13.3. The molecule has 0 radical (unpaired) electrons. The van der Waals surface area contributed by atoms with Gasteiger partial charge in [0.1, 0.15) is 6.04 Å². The Morgan fingerprint density at radius 2 is 1.81 bits per heavy atom. The number of rotatable bonds is 4. The van der Waals surface area contributed by atoms with E-state index in [1.807, 2.05) is 16.7 Å². The molecule has 0 aromatic carbocycles. The molecule has 0 aromatic rings. The van der Waals surface area contributed by atoms with Crippen molar-refractivity contribution in [2.45, 2.75) is 52.0 Å². The average molecular weight is 296 g/mol. The van der Waals surface area contributed by atoms with Crippen molar-refractivity contribution in [3.63, 3.8) is 0 Å². The van der Waals surface area contributed by atoms with Gasteiger partial charge in [-0.25, -0.2) is 0 Å². The molecule has 5 heteroatoms. The van der Waals surface area contributed by atoms with E-state index in [2.05, 4.69) is 6.92 Å². The first-order chi connectivity index (χ1) is 10.1. The summed E-state index contributed by atoms with van der Waals surface area (Å²) < 4.78 is 5.15. The van der Waals surface area contributed by atoms with E-state index in [9.17, 15) is 9.59 Å². The normalized spacial score (nSPS) is 24.9. The summed E-state index contributed by atoms with van der Waals surface area (Å²) in [6, 6.07) is -0.230. The van der Waals surface area contributed by atoms with Crippen LogP contribution >= 0.6 is 0 Å². The summed E-state index contributed by atoms with van der Waals surface area (Å²) in [5, 5.41) is 0. The van der Waals surface area contributed by atoms with Gasteiger partial charge in [-0.05, 0) is 45.1 Å². The molecule has 1 unspecified atom stereocenters. The molecule has 0 saturated carbocycles. The summed E-state index contributed by atoms with van der Waals surface area (Å²) in [4.78, 5) is 28.4. The van der Waals surface area contributed by atoms with Crippen LogP contribution in [0.25, 0.3) is 0 Å². The number of carbonyl (C=O) groups is 2. The number of esters is 1. The van der Waals surface area contributed by atoms with Crippen LogP contribution in [-0.2, 0) is 14.3 Å². The largest absolute Gasteiger partial charge is 0.465 e. The van der Waals surface area contributed by atoms with Gasteiger partial charge in [-0.1, -0.05) is 13.3 Å². The van der Waals surface area contributed by atoms with Crippen LogP contribution in [0.3, 0.4) is 0 Å². The highest BCUT2D eigenvalue weighted by molar-refractivity contribution is 5.80. The van der Waals surface area contributed by atoms with Crippen molar-refractivity contribution in [3.8, 4) is 0 Å². The molecule has 1 amide bonds. The average Bonchev–Trinajstić information content (AvgIpc) is 2.48. The molecule has 0 aromatic heterocycles. The molecule has 120 valence electrons. The van der Waals surface area contributed by atoms with Gasteiger partial charge in [0, 0.05) is 13.1 Å². The van der Waals surface area contributed by atoms with Crippen molar-refractivity contribution in [1.82, 2.24) is 9.80 Å². The van der Waals surface area contributed by atoms with E-state index < -0.39 is 0 Å². The van der Waals surface area contributed by atoms with Crippen LogP contribution in [0, 0.1) is 5.92 Å². The Morgan fingerprint density at radius 1 is 1.10 bits per heavy atom. The Hall–Kier alpha value is -1.10. The Balaban J connectivity index is 1.89. The lowest BCUT2D eigenvalue weighted by atomic mass is 9.99. The number of ether oxygens (including phenoxy) is 1. The summed E-state index contributed by atoms with van der Waals surface area (Å²) in [6.45, 7) is 7.36. The molecular formula is C16H28N2O3. The van der Waals surface area contributed by atoms with Crippen molar-refractivity contribution in [2.24, 2.45) is 5.92 Å². The summed E-state index contributed by atoms with van der Waals surface area (Å²) in [5.41, 5.74) is 0. The molecule has 21 heavy (non-hydrogen) atoms. The minimum Gasteiger partial charge on any atom is -0.465 e. The number of piperidine rings is 2. The van der Waals surface area contributed by atoms with E-state index in [1.54, 1.807) is 0 Å². The first-order valence-corrected chi connectivity index (χ1v) is 8.30. The third kappa shape index (κ3) is 4.43. The first kappa shape index (κ1) is 16.3. The van der Waals surface area contributed by atoms with Gasteiger partial charge in [0.25, 0.3) is 0 Å². The summed E-state index contributed by atoms with van der Waals surface area (Å²) in [5.74, 6) is 0.715. The van der Waals surface area contributed by atoms with Crippen molar-refractivity contribution in [3.05, 3.63) is 0 Å². The topological polar surface area (TPSA) is 49.9 Å². The van der Waals surface area contributed by atoms with Crippen LogP contribution in [0.15, 0.2) is 0 Å². The highest BCUT2D eigenvalue weighted by Crippen LogP contribution is 2.20. The third-order valence-electron chi connectivity index (χ3n) is 4.65. The number of hydrogen-bond donors (Lipinski definition) is 0. The highest BCUT2D eigenvalue weighted by Gasteiger charge is 2.32. The van der Waals surface area contributed by atoms with Gasteiger partial charge in [-0.3, -0.25) is 14.5 Å². The molecule has 0 aliphatic carbocycles. The molecule has 2 rings (SSSR count). The summed E-state index contributed by atoms with van der Waals surface area (Å²) in [7, 11) is 0. The number of likely N-dealkylation sites (tertiary alicyclic amines) is 2. The lowest BCUT2D eigenvalue weighted by molar-refractivity contribution is -0.152. The van der Waals surface area contributed by atoms with Crippen molar-refractivity contribution < 1.29 is 14.3 Å². The Bertz CT molecular complexity index is 365. The molecule has 2 fully saturated rings. The molecule has 2 heterocycles. The molecule has 1 atom stereocenters. The van der Waals surface area contributed by atoms with Crippen LogP contribution in [0.4, 0.5) is 0 Å². The van der Waals surface area contributed by atoms with E-state index >= 15 is 0 Å². The van der Waals surface area contributed by atoms with Gasteiger partial charge in [0.05, 0.1) is 13.2 Å². The second-order valence-corrected chi connectivity index (χ2v) is 6.30. The van der Waals surface area contributed by atoms with Crippen LogP contribution in [0.1, 0.15) is 46.0 Å². The number of hydrogen-bond acceptors (Lipinski definition) is 4. The maximum atomic E-state index is 12.4. The molecule has 2 saturated heterocycles. The predicted molar refractivity (Wildman–Crippen MR) is 80.8 cm³/mol. The van der Waals surface area contributed by atoms with Crippen LogP contribution in [0.5, 0.6) is 0 Å². The second kappa shape index (κ2) is 7.78. The van der Waals surface area contributed by atoms with Crippen LogP contribution in [-0.4, -0.2) is 60.5 Å². The monoisotopic (exact) mass is 296 g/mol. The summed E-state index contributed by atoms with van der Waals surface area (Å²) >= 11 is 0. The van der Waals surface area contributed by atoms with Crippen LogP contribution < -0.4 is 0 Å². The quantitative estimate of drug-likeness (QED) is 0.740. The van der Waals surface area contributed by atoms with Gasteiger partial charge >= 0.3 is 5.97 Å². The predicted octanol–water partition coefficient (Wildman–Crippen LogP) is 1.66. The number of carbonyl (C=O) groups excluding carboxylic acids is 2. The molecule has 2 aliphatic heterocycles. The number of nitrogens with zero attached hydrogens (tertiary/aromatic N) is 2. The van der Waals surface area contributed by atoms with Gasteiger partial charge < -0.3 is 9.64 Å². The highest BCUT2D eigenvalue weighted by atomic mass is 16.5. The van der Waals surface area contributed by atoms with Gasteiger partial charge in [-0.15, -0.1) is 0 Å². The van der Waals surface area contributed by atoms with E-state index in [0.29, 0.717) is 13.2 Å². The van der Waals surface area contributed by atoms with Gasteiger partial charge in [0.15, 0.2) is 0 Å². The lowest BCUT2D eigenvalue weighted by Crippen LogP contribution is -2.51. The molecule has 0 N–H and O–H groups in total. The van der Waals surface area contributed by atoms with E-state index in [4.69, 9.17) is 4.74 Å². The lowest BCUT2D eigenvalue weighted by Gasteiger charge is -2.36. The minimum absolute atomic E-state index is 0.165. The van der Waals surface area contributed by atoms with Crippen molar-refractivity contribution in [1.29, 1.82) is 0 Å². The van der Waals surface area contributed by atoms with Crippen molar-refractivity contribution >= 4 is 11.9 Å². The molecule has 2 aliphatic rings. The Kier molecular flexibility index (Phi) is 6.03. The Labute approximate surface area is 127 Å². The smallest absolute Gasteiger partial charge is 0.323 e. The van der Waals surface area contributed by atoms with E-state index in [-0.39, 0.29) is 17.9 Å². The van der Waals surface area contributed by atoms with Crippen LogP contribution in [0.2, 0.25) is 0 Å². The van der Waals surface area contributed by atoms with E-state index in [1.165, 1.54) is 0 Å². The maximum Gasteiger partial charge on any atom is 0.323 e. The van der Waals surface area contributed by atoms with Crippen molar-refractivity contribution in [2.75, 3.05) is 32.8 Å². The molecule has 5 nitrogen and oxygen atoms in total. The second-order valence-electron chi connectivity index (χ2n) is 6.30. The molecule has 0 spiro atoms. The minimum atomic E-state index is -0.230.